The number of aromatic amines is 1. The second-order valence-electron chi connectivity index (χ2n) is 8.81. The molecule has 1 aliphatic rings. The van der Waals surface area contributed by atoms with Crippen molar-refractivity contribution in [3.05, 3.63) is 106 Å². The van der Waals surface area contributed by atoms with Crippen molar-refractivity contribution in [1.82, 2.24) is 9.55 Å². The number of hydrogen-bond acceptors (Lipinski definition) is 7. The van der Waals surface area contributed by atoms with E-state index in [1.54, 1.807) is 32.9 Å². The molecular weight excluding hydrogens is 492 g/mol. The number of nitro groups is 1. The molecule has 1 aliphatic heterocycles. The molecule has 4 aromatic rings. The number of nitrogens with zero attached hydrogens (tertiary/aromatic N) is 3. The standard InChI is InChI=1S/C27H24N4O5S/c1-5-36-26(33)23-16(4)29-27-30(24(23)17-11-10-14(2)21(12-17)31(34)35)25(32)22(37-27)13-19-15(3)28-20-9-7-6-8-18(19)20/h6-13,24,28H,5H2,1-4H3/b22-13+/t24-/m1/s1. The molecular formula is C27H24N4O5S. The number of fused-ring (bicyclic) bond motifs is 2. The van der Waals surface area contributed by atoms with Gasteiger partial charge < -0.3 is 9.72 Å². The van der Waals surface area contributed by atoms with E-state index in [1.165, 1.54) is 22.0 Å². The van der Waals surface area contributed by atoms with E-state index in [9.17, 15) is 19.7 Å². The third-order valence-electron chi connectivity index (χ3n) is 6.48. The lowest BCUT2D eigenvalue weighted by molar-refractivity contribution is -0.385. The SMILES string of the molecule is CCOC(=O)C1=C(C)N=c2s/c(=C/c3c(C)[nH]c4ccccc34)c(=O)n2[C@@H]1c1ccc(C)c([N+](=O)[O-])c1. The summed E-state index contributed by atoms with van der Waals surface area (Å²) in [4.78, 5) is 46.4. The summed E-state index contributed by atoms with van der Waals surface area (Å²) in [7, 11) is 0. The molecule has 37 heavy (non-hydrogen) atoms. The molecule has 0 saturated heterocycles. The monoisotopic (exact) mass is 516 g/mol. The number of ether oxygens (including phenoxy) is 1. The van der Waals surface area contributed by atoms with Crippen LogP contribution in [-0.4, -0.2) is 27.1 Å². The highest BCUT2D eigenvalue weighted by atomic mass is 32.1. The molecule has 9 nitrogen and oxygen atoms in total. The van der Waals surface area contributed by atoms with Crippen LogP contribution in [0.4, 0.5) is 5.69 Å². The van der Waals surface area contributed by atoms with Crippen LogP contribution in [0.5, 0.6) is 0 Å². The van der Waals surface area contributed by atoms with E-state index >= 15 is 0 Å². The maximum atomic E-state index is 13.9. The van der Waals surface area contributed by atoms with E-state index in [0.717, 1.165) is 22.2 Å². The number of nitro benzene ring substituents is 1. The number of carbonyl (C=O) groups excluding carboxylic acids is 1. The van der Waals surface area contributed by atoms with Crippen LogP contribution in [0.3, 0.4) is 0 Å². The van der Waals surface area contributed by atoms with E-state index in [1.807, 2.05) is 37.3 Å². The smallest absolute Gasteiger partial charge is 0.338 e. The normalized spacial score (nSPS) is 15.6. The molecule has 10 heteroatoms. The molecule has 0 unspecified atom stereocenters. The van der Waals surface area contributed by atoms with Gasteiger partial charge in [0, 0.05) is 33.8 Å². The van der Waals surface area contributed by atoms with Crippen molar-refractivity contribution in [3.8, 4) is 0 Å². The van der Waals surface area contributed by atoms with Gasteiger partial charge >= 0.3 is 5.97 Å². The third-order valence-corrected chi connectivity index (χ3v) is 7.46. The van der Waals surface area contributed by atoms with Crippen LogP contribution in [0, 0.1) is 24.0 Å². The molecule has 1 atom stereocenters. The van der Waals surface area contributed by atoms with Gasteiger partial charge in [0.05, 0.1) is 33.4 Å². The lowest BCUT2D eigenvalue weighted by Gasteiger charge is -2.24. The van der Waals surface area contributed by atoms with Gasteiger partial charge in [-0.1, -0.05) is 41.7 Å². The van der Waals surface area contributed by atoms with Gasteiger partial charge in [0.15, 0.2) is 4.80 Å². The van der Waals surface area contributed by atoms with E-state index in [2.05, 4.69) is 9.98 Å². The first kappa shape index (κ1) is 24.4. The lowest BCUT2D eigenvalue weighted by atomic mass is 9.94. The molecule has 0 spiro atoms. The Morgan fingerprint density at radius 1 is 1.24 bits per heavy atom. The van der Waals surface area contributed by atoms with Crippen molar-refractivity contribution in [3.63, 3.8) is 0 Å². The van der Waals surface area contributed by atoms with Crippen molar-refractivity contribution in [1.29, 1.82) is 0 Å². The Morgan fingerprint density at radius 3 is 2.73 bits per heavy atom. The second kappa shape index (κ2) is 9.29. The first-order chi connectivity index (χ1) is 17.7. The maximum Gasteiger partial charge on any atom is 0.338 e. The van der Waals surface area contributed by atoms with Gasteiger partial charge in [-0.05, 0) is 45.4 Å². The Hall–Kier alpha value is -4.31. The first-order valence-corrected chi connectivity index (χ1v) is 12.5. The van der Waals surface area contributed by atoms with Crippen molar-refractivity contribution in [2.75, 3.05) is 6.61 Å². The molecule has 0 amide bonds. The Bertz CT molecular complexity index is 1810. The van der Waals surface area contributed by atoms with Crippen LogP contribution in [0.25, 0.3) is 17.0 Å². The predicted molar refractivity (Wildman–Crippen MR) is 141 cm³/mol. The highest BCUT2D eigenvalue weighted by Gasteiger charge is 2.34. The van der Waals surface area contributed by atoms with Gasteiger partial charge in [-0.25, -0.2) is 9.79 Å². The van der Waals surface area contributed by atoms with Gasteiger partial charge in [0.2, 0.25) is 0 Å². The zero-order valence-electron chi connectivity index (χ0n) is 20.7. The van der Waals surface area contributed by atoms with Crippen LogP contribution >= 0.6 is 11.3 Å². The summed E-state index contributed by atoms with van der Waals surface area (Å²) in [6.07, 6.45) is 1.83. The van der Waals surface area contributed by atoms with Crippen molar-refractivity contribution in [2.24, 2.45) is 4.99 Å². The number of allylic oxidation sites excluding steroid dienone is 1. The van der Waals surface area contributed by atoms with Crippen molar-refractivity contribution >= 4 is 40.0 Å². The Morgan fingerprint density at radius 2 is 2.00 bits per heavy atom. The summed E-state index contributed by atoms with van der Waals surface area (Å²) in [6.45, 7) is 7.10. The molecule has 1 N–H and O–H groups in total. The topological polar surface area (TPSA) is 120 Å². The maximum absolute atomic E-state index is 13.9. The number of H-pyrrole nitrogens is 1. The van der Waals surface area contributed by atoms with Gasteiger partial charge in [-0.15, -0.1) is 0 Å². The Kier molecular flexibility index (Phi) is 6.12. The molecule has 2 aromatic heterocycles. The van der Waals surface area contributed by atoms with E-state index in [0.29, 0.717) is 26.2 Å². The number of rotatable bonds is 5. The van der Waals surface area contributed by atoms with Gasteiger partial charge in [0.25, 0.3) is 11.2 Å². The summed E-state index contributed by atoms with van der Waals surface area (Å²) in [5.74, 6) is -0.612. The average Bonchev–Trinajstić information content (AvgIpc) is 3.34. The van der Waals surface area contributed by atoms with Crippen LogP contribution in [0.1, 0.15) is 42.3 Å². The summed E-state index contributed by atoms with van der Waals surface area (Å²) in [6, 6.07) is 11.7. The number of carbonyl (C=O) groups is 1. The van der Waals surface area contributed by atoms with Crippen LogP contribution in [-0.2, 0) is 9.53 Å². The summed E-state index contributed by atoms with van der Waals surface area (Å²) >= 11 is 1.21. The average molecular weight is 517 g/mol. The number of benzene rings is 2. The van der Waals surface area contributed by atoms with E-state index < -0.39 is 16.9 Å². The number of aryl methyl sites for hydroxylation is 2. The number of para-hydroxylation sites is 1. The minimum absolute atomic E-state index is 0.0908. The van der Waals surface area contributed by atoms with Crippen molar-refractivity contribution < 1.29 is 14.5 Å². The van der Waals surface area contributed by atoms with E-state index in [-0.39, 0.29) is 23.4 Å². The quantitative estimate of drug-likeness (QED) is 0.246. The molecule has 3 heterocycles. The highest BCUT2D eigenvalue weighted by Crippen LogP contribution is 2.33. The number of esters is 1. The predicted octanol–water partition coefficient (Wildman–Crippen LogP) is 3.80. The Labute approximate surface area is 215 Å². The molecule has 2 aromatic carbocycles. The zero-order valence-corrected chi connectivity index (χ0v) is 21.5. The molecule has 0 radical (unpaired) electrons. The minimum Gasteiger partial charge on any atom is -0.463 e. The third kappa shape index (κ3) is 4.09. The lowest BCUT2D eigenvalue weighted by Crippen LogP contribution is -2.40. The number of nitrogens with one attached hydrogen (secondary N) is 1. The fourth-order valence-electron chi connectivity index (χ4n) is 4.72. The summed E-state index contributed by atoms with van der Waals surface area (Å²) < 4.78 is 7.18. The minimum atomic E-state index is -0.916. The van der Waals surface area contributed by atoms with E-state index in [4.69, 9.17) is 4.74 Å². The summed E-state index contributed by atoms with van der Waals surface area (Å²) in [5.41, 5.74) is 3.85. The first-order valence-electron chi connectivity index (χ1n) is 11.7. The van der Waals surface area contributed by atoms with Crippen LogP contribution in [0.2, 0.25) is 0 Å². The zero-order chi connectivity index (χ0) is 26.4. The van der Waals surface area contributed by atoms with Crippen molar-refractivity contribution in [2.45, 2.75) is 33.7 Å². The molecule has 0 aliphatic carbocycles. The highest BCUT2D eigenvalue weighted by molar-refractivity contribution is 7.07. The molecule has 0 saturated carbocycles. The fourth-order valence-corrected chi connectivity index (χ4v) is 5.74. The number of thiazole rings is 1. The number of aromatic nitrogens is 2. The van der Waals surface area contributed by atoms with Crippen LogP contribution in [0.15, 0.2) is 63.5 Å². The number of hydrogen-bond donors (Lipinski definition) is 1. The second-order valence-corrected chi connectivity index (χ2v) is 9.82. The molecule has 0 bridgehead atoms. The van der Waals surface area contributed by atoms with Gasteiger partial charge in [0.1, 0.15) is 0 Å². The van der Waals surface area contributed by atoms with Gasteiger partial charge in [-0.2, -0.15) is 0 Å². The largest absolute Gasteiger partial charge is 0.463 e. The fraction of sp³-hybridized carbons (Fsp3) is 0.222. The van der Waals surface area contributed by atoms with Crippen LogP contribution < -0.4 is 14.9 Å². The molecule has 5 rings (SSSR count). The summed E-state index contributed by atoms with van der Waals surface area (Å²) in [5, 5.41) is 12.7. The molecule has 0 fully saturated rings. The van der Waals surface area contributed by atoms with Gasteiger partial charge in [-0.3, -0.25) is 19.5 Å². The Balaban J connectivity index is 1.78. The molecule has 188 valence electrons.